The molecule has 1 amide bonds. The van der Waals surface area contributed by atoms with E-state index in [9.17, 15) is 9.18 Å². The Balaban J connectivity index is 2.24. The van der Waals surface area contributed by atoms with E-state index < -0.39 is 0 Å². The first-order chi connectivity index (χ1) is 8.56. The van der Waals surface area contributed by atoms with E-state index in [0.717, 1.165) is 5.56 Å². The second-order valence-corrected chi connectivity index (χ2v) is 4.56. The van der Waals surface area contributed by atoms with Crippen molar-refractivity contribution in [1.29, 1.82) is 0 Å². The van der Waals surface area contributed by atoms with Crippen LogP contribution in [0.3, 0.4) is 0 Å². The molecule has 3 nitrogen and oxygen atoms in total. The van der Waals surface area contributed by atoms with Gasteiger partial charge < -0.3 is 5.32 Å². The third-order valence-corrected chi connectivity index (χ3v) is 2.94. The lowest BCUT2D eigenvalue weighted by Crippen LogP contribution is -2.13. The van der Waals surface area contributed by atoms with E-state index in [2.05, 4.69) is 26.2 Å². The predicted molar refractivity (Wildman–Crippen MR) is 71.0 cm³/mol. The van der Waals surface area contributed by atoms with Crippen LogP contribution in [0.5, 0.6) is 0 Å². The number of anilines is 1. The Morgan fingerprint density at radius 3 is 2.83 bits per heavy atom. The van der Waals surface area contributed by atoms with Gasteiger partial charge in [0.1, 0.15) is 10.4 Å². The molecular weight excluding hydrogens is 299 g/mol. The number of rotatable bonds is 2. The van der Waals surface area contributed by atoms with Crippen LogP contribution in [0.4, 0.5) is 10.1 Å². The lowest BCUT2D eigenvalue weighted by molar-refractivity contribution is 0.102. The summed E-state index contributed by atoms with van der Waals surface area (Å²) in [5.74, 6) is -0.712. The van der Waals surface area contributed by atoms with Gasteiger partial charge in [-0.25, -0.2) is 9.37 Å². The molecule has 1 heterocycles. The topological polar surface area (TPSA) is 42.0 Å². The minimum atomic E-state index is -0.379. The highest BCUT2D eigenvalue weighted by molar-refractivity contribution is 9.10. The number of aryl methyl sites for hydroxylation is 1. The smallest absolute Gasteiger partial charge is 0.258 e. The van der Waals surface area contributed by atoms with Crippen molar-refractivity contribution in [2.75, 3.05) is 5.32 Å². The molecule has 92 valence electrons. The number of aromatic nitrogens is 1. The standard InChI is InChI=1S/C13H10BrFN2O/c1-8-5-9(15)7-10(6-8)17-13(18)11-3-2-4-16-12(11)14/h2-7H,1H3,(H,17,18). The molecule has 0 saturated carbocycles. The number of pyridine rings is 1. The molecule has 5 heteroatoms. The van der Waals surface area contributed by atoms with Gasteiger partial charge in [0.15, 0.2) is 0 Å². The summed E-state index contributed by atoms with van der Waals surface area (Å²) in [6, 6.07) is 7.67. The normalized spacial score (nSPS) is 10.2. The number of hydrogen-bond donors (Lipinski definition) is 1. The van der Waals surface area contributed by atoms with Gasteiger partial charge in [0, 0.05) is 11.9 Å². The monoisotopic (exact) mass is 308 g/mol. The number of nitrogens with zero attached hydrogens (tertiary/aromatic N) is 1. The molecule has 0 bridgehead atoms. The van der Waals surface area contributed by atoms with E-state index in [1.54, 1.807) is 31.3 Å². The maximum atomic E-state index is 13.2. The third kappa shape index (κ3) is 2.92. The third-order valence-electron chi connectivity index (χ3n) is 2.30. The minimum Gasteiger partial charge on any atom is -0.322 e. The van der Waals surface area contributed by atoms with Gasteiger partial charge in [0.2, 0.25) is 0 Å². The molecule has 1 N–H and O–H groups in total. The maximum Gasteiger partial charge on any atom is 0.258 e. The van der Waals surface area contributed by atoms with E-state index in [1.807, 2.05) is 0 Å². The summed E-state index contributed by atoms with van der Waals surface area (Å²) >= 11 is 3.19. The quantitative estimate of drug-likeness (QED) is 0.862. The van der Waals surface area contributed by atoms with Crippen molar-refractivity contribution in [1.82, 2.24) is 4.98 Å². The molecule has 1 aromatic heterocycles. The van der Waals surface area contributed by atoms with Crippen molar-refractivity contribution in [3.8, 4) is 0 Å². The average Bonchev–Trinajstić information content (AvgIpc) is 2.27. The van der Waals surface area contributed by atoms with Gasteiger partial charge in [-0.05, 0) is 58.7 Å². The van der Waals surface area contributed by atoms with E-state index in [0.29, 0.717) is 15.9 Å². The first kappa shape index (κ1) is 12.7. The summed E-state index contributed by atoms with van der Waals surface area (Å²) in [5, 5.41) is 2.63. The van der Waals surface area contributed by atoms with Crippen LogP contribution in [0.15, 0.2) is 41.1 Å². The van der Waals surface area contributed by atoms with Crippen molar-refractivity contribution < 1.29 is 9.18 Å². The number of amides is 1. The van der Waals surface area contributed by atoms with E-state index in [1.165, 1.54) is 12.1 Å². The maximum absolute atomic E-state index is 13.2. The molecule has 0 aliphatic heterocycles. The van der Waals surface area contributed by atoms with Crippen LogP contribution in [0.2, 0.25) is 0 Å². The zero-order valence-electron chi connectivity index (χ0n) is 9.58. The summed E-state index contributed by atoms with van der Waals surface area (Å²) in [5.41, 5.74) is 1.57. The Morgan fingerprint density at radius 1 is 1.39 bits per heavy atom. The van der Waals surface area contributed by atoms with Crippen LogP contribution in [0.1, 0.15) is 15.9 Å². The van der Waals surface area contributed by atoms with Crippen molar-refractivity contribution >= 4 is 27.5 Å². The number of benzene rings is 1. The molecule has 0 atom stereocenters. The lowest BCUT2D eigenvalue weighted by atomic mass is 10.2. The highest BCUT2D eigenvalue weighted by Crippen LogP contribution is 2.17. The molecule has 0 saturated heterocycles. The molecule has 0 aliphatic carbocycles. The van der Waals surface area contributed by atoms with Crippen molar-refractivity contribution in [2.24, 2.45) is 0 Å². The zero-order valence-corrected chi connectivity index (χ0v) is 11.2. The molecular formula is C13H10BrFN2O. The Kier molecular flexibility index (Phi) is 3.72. The molecule has 2 rings (SSSR count). The summed E-state index contributed by atoms with van der Waals surface area (Å²) in [7, 11) is 0. The van der Waals surface area contributed by atoms with Crippen LogP contribution in [-0.4, -0.2) is 10.9 Å². The van der Waals surface area contributed by atoms with Crippen LogP contribution in [0.25, 0.3) is 0 Å². The number of hydrogen-bond acceptors (Lipinski definition) is 2. The van der Waals surface area contributed by atoms with Gasteiger partial charge in [-0.2, -0.15) is 0 Å². The van der Waals surface area contributed by atoms with Gasteiger partial charge in [-0.3, -0.25) is 4.79 Å². The van der Waals surface area contributed by atoms with Gasteiger partial charge in [-0.1, -0.05) is 0 Å². The Hall–Kier alpha value is -1.75. The fourth-order valence-electron chi connectivity index (χ4n) is 1.56. The van der Waals surface area contributed by atoms with Crippen molar-refractivity contribution in [3.63, 3.8) is 0 Å². The molecule has 1 aromatic carbocycles. The zero-order chi connectivity index (χ0) is 13.1. The Bertz CT molecular complexity index is 581. The molecule has 0 radical (unpaired) electrons. The Morgan fingerprint density at radius 2 is 2.17 bits per heavy atom. The lowest BCUT2D eigenvalue weighted by Gasteiger charge is -2.07. The summed E-state index contributed by atoms with van der Waals surface area (Å²) in [4.78, 5) is 15.9. The first-order valence-corrected chi connectivity index (χ1v) is 6.04. The highest BCUT2D eigenvalue weighted by Gasteiger charge is 2.11. The van der Waals surface area contributed by atoms with Crippen LogP contribution in [-0.2, 0) is 0 Å². The Labute approximate surface area is 112 Å². The van der Waals surface area contributed by atoms with Crippen LogP contribution in [0, 0.1) is 12.7 Å². The summed E-state index contributed by atoms with van der Waals surface area (Å²) in [6.07, 6.45) is 1.58. The van der Waals surface area contributed by atoms with Gasteiger partial charge in [0.05, 0.1) is 5.56 Å². The first-order valence-electron chi connectivity index (χ1n) is 5.25. The van der Waals surface area contributed by atoms with Crippen molar-refractivity contribution in [2.45, 2.75) is 6.92 Å². The summed E-state index contributed by atoms with van der Waals surface area (Å²) < 4.78 is 13.6. The largest absolute Gasteiger partial charge is 0.322 e. The minimum absolute atomic E-state index is 0.333. The summed E-state index contributed by atoms with van der Waals surface area (Å²) in [6.45, 7) is 1.76. The van der Waals surface area contributed by atoms with E-state index in [-0.39, 0.29) is 11.7 Å². The molecule has 0 spiro atoms. The molecule has 18 heavy (non-hydrogen) atoms. The van der Waals surface area contributed by atoms with E-state index in [4.69, 9.17) is 0 Å². The molecule has 0 unspecified atom stereocenters. The van der Waals surface area contributed by atoms with Crippen LogP contribution >= 0.6 is 15.9 Å². The second kappa shape index (κ2) is 5.27. The fourth-order valence-corrected chi connectivity index (χ4v) is 1.99. The fraction of sp³-hybridized carbons (Fsp3) is 0.0769. The van der Waals surface area contributed by atoms with Gasteiger partial charge >= 0.3 is 0 Å². The molecule has 2 aromatic rings. The average molecular weight is 309 g/mol. The number of halogens is 2. The number of carbonyl (C=O) groups is 1. The highest BCUT2D eigenvalue weighted by atomic mass is 79.9. The predicted octanol–water partition coefficient (Wildman–Crippen LogP) is 3.54. The van der Waals surface area contributed by atoms with Gasteiger partial charge in [0.25, 0.3) is 5.91 Å². The van der Waals surface area contributed by atoms with E-state index >= 15 is 0 Å². The number of nitrogens with one attached hydrogen (secondary N) is 1. The SMILES string of the molecule is Cc1cc(F)cc(NC(=O)c2cccnc2Br)c1. The van der Waals surface area contributed by atoms with Crippen LogP contribution < -0.4 is 5.32 Å². The second-order valence-electron chi connectivity index (χ2n) is 3.81. The molecule has 0 fully saturated rings. The molecule has 0 aliphatic rings. The number of carbonyl (C=O) groups excluding carboxylic acids is 1. The van der Waals surface area contributed by atoms with Gasteiger partial charge in [-0.15, -0.1) is 0 Å². The van der Waals surface area contributed by atoms with Crippen molar-refractivity contribution in [3.05, 3.63) is 58.1 Å².